The number of alkyl carbamates (subject to hydrolysis) is 1. The van der Waals surface area contributed by atoms with Gasteiger partial charge in [-0.15, -0.1) is 0 Å². The molecular weight excluding hydrogens is 480 g/mol. The number of carbonyl (C=O) groups excluding carboxylic acids is 1. The highest BCUT2D eigenvalue weighted by Gasteiger charge is 2.55. The third kappa shape index (κ3) is 4.32. The van der Waals surface area contributed by atoms with Gasteiger partial charge >= 0.3 is 6.09 Å². The van der Waals surface area contributed by atoms with Crippen molar-refractivity contribution in [1.29, 1.82) is 5.26 Å². The number of rotatable bonds is 5. The molecule has 0 spiro atoms. The zero-order valence-electron chi connectivity index (χ0n) is 22.4. The molecular formula is C29H34N6O3. The van der Waals surface area contributed by atoms with Crippen molar-refractivity contribution in [3.63, 3.8) is 0 Å². The van der Waals surface area contributed by atoms with E-state index in [0.29, 0.717) is 35.9 Å². The number of nitrogens with zero attached hydrogens (tertiary/aromatic N) is 5. The summed E-state index contributed by atoms with van der Waals surface area (Å²) in [5.74, 6) is 2.26. The summed E-state index contributed by atoms with van der Waals surface area (Å²) in [6.45, 7) is 8.18. The van der Waals surface area contributed by atoms with Crippen LogP contribution in [0.15, 0.2) is 36.8 Å². The number of amides is 1. The summed E-state index contributed by atoms with van der Waals surface area (Å²) in [5, 5.41) is 17.3. The number of piperidine rings is 2. The SMILES string of the molecule is CCOc1cc(-c2ccc(N3C4CC5CC3CC(NC(=O)OC(C)(C)C)(C5)C4)nc2)c2c(C#N)cnn2c1. The topological polar surface area (TPSA) is 105 Å². The average molecular weight is 515 g/mol. The number of hydrogen-bond acceptors (Lipinski definition) is 7. The molecule has 0 aromatic carbocycles. The fourth-order valence-corrected chi connectivity index (χ4v) is 7.02. The van der Waals surface area contributed by atoms with E-state index in [2.05, 4.69) is 33.5 Å². The Labute approximate surface area is 222 Å². The number of hydrogen-bond donors (Lipinski definition) is 1. The monoisotopic (exact) mass is 514 g/mol. The van der Waals surface area contributed by atoms with Gasteiger partial charge in [-0.25, -0.2) is 14.3 Å². The molecule has 2 atom stereocenters. The molecule has 4 fully saturated rings. The third-order valence-electron chi connectivity index (χ3n) is 8.04. The normalized spacial score (nSPS) is 25.9. The van der Waals surface area contributed by atoms with E-state index < -0.39 is 5.60 Å². The van der Waals surface area contributed by atoms with Crippen LogP contribution in [-0.2, 0) is 4.74 Å². The molecule has 4 aliphatic rings. The number of pyridine rings is 2. The van der Waals surface area contributed by atoms with E-state index >= 15 is 0 Å². The van der Waals surface area contributed by atoms with Crippen LogP contribution in [0.1, 0.15) is 65.4 Å². The Morgan fingerprint density at radius 2 is 1.97 bits per heavy atom. The van der Waals surface area contributed by atoms with E-state index in [-0.39, 0.29) is 11.6 Å². The Hall–Kier alpha value is -3.80. The molecule has 3 aromatic heterocycles. The molecule has 2 saturated heterocycles. The zero-order valence-corrected chi connectivity index (χ0v) is 22.4. The smallest absolute Gasteiger partial charge is 0.408 e. The highest BCUT2D eigenvalue weighted by Crippen LogP contribution is 2.52. The van der Waals surface area contributed by atoms with Crippen molar-refractivity contribution in [2.45, 2.75) is 83.0 Å². The molecule has 198 valence electrons. The van der Waals surface area contributed by atoms with Crippen molar-refractivity contribution in [1.82, 2.24) is 19.9 Å². The van der Waals surface area contributed by atoms with Gasteiger partial charge in [-0.05, 0) is 83.9 Å². The highest BCUT2D eigenvalue weighted by molar-refractivity contribution is 5.85. The summed E-state index contributed by atoms with van der Waals surface area (Å²) < 4.78 is 13.1. The van der Waals surface area contributed by atoms with E-state index in [4.69, 9.17) is 14.5 Å². The first-order valence-electron chi connectivity index (χ1n) is 13.5. The Bertz CT molecular complexity index is 1400. The van der Waals surface area contributed by atoms with Crippen molar-refractivity contribution in [3.8, 4) is 22.9 Å². The molecule has 5 heterocycles. The molecule has 3 aromatic rings. The Morgan fingerprint density at radius 1 is 1.21 bits per heavy atom. The summed E-state index contributed by atoms with van der Waals surface area (Å²) in [7, 11) is 0. The van der Waals surface area contributed by atoms with Gasteiger partial charge in [-0.2, -0.15) is 10.4 Å². The van der Waals surface area contributed by atoms with Gasteiger partial charge in [-0.3, -0.25) is 0 Å². The number of nitrogens with one attached hydrogen (secondary N) is 1. The minimum absolute atomic E-state index is 0.198. The molecule has 1 N–H and O–H groups in total. The fraction of sp³-hybridized carbons (Fsp3) is 0.517. The molecule has 4 bridgehead atoms. The average Bonchev–Trinajstić information content (AvgIpc) is 3.25. The minimum atomic E-state index is -0.511. The summed E-state index contributed by atoms with van der Waals surface area (Å²) in [6.07, 6.45) is 10.0. The molecule has 2 aliphatic heterocycles. The van der Waals surface area contributed by atoms with Crippen LogP contribution in [0.4, 0.5) is 10.6 Å². The van der Waals surface area contributed by atoms with Crippen LogP contribution in [0.5, 0.6) is 5.75 Å². The van der Waals surface area contributed by atoms with E-state index in [9.17, 15) is 10.1 Å². The number of ether oxygens (including phenoxy) is 2. The maximum absolute atomic E-state index is 12.7. The molecule has 7 rings (SSSR count). The quantitative estimate of drug-likeness (QED) is 0.506. The molecule has 9 nitrogen and oxygen atoms in total. The van der Waals surface area contributed by atoms with E-state index in [1.807, 2.05) is 40.0 Å². The van der Waals surface area contributed by atoms with Crippen LogP contribution >= 0.6 is 0 Å². The van der Waals surface area contributed by atoms with Crippen molar-refractivity contribution >= 4 is 17.4 Å². The first-order chi connectivity index (χ1) is 18.2. The van der Waals surface area contributed by atoms with Crippen molar-refractivity contribution in [2.24, 2.45) is 5.92 Å². The number of fused-ring (bicyclic) bond motifs is 1. The zero-order chi connectivity index (χ0) is 26.7. The van der Waals surface area contributed by atoms with Crippen LogP contribution in [0, 0.1) is 17.2 Å². The van der Waals surface area contributed by atoms with Crippen LogP contribution in [0.3, 0.4) is 0 Å². The molecule has 0 radical (unpaired) electrons. The van der Waals surface area contributed by atoms with Crippen molar-refractivity contribution < 1.29 is 14.3 Å². The second-order valence-corrected chi connectivity index (χ2v) is 12.0. The van der Waals surface area contributed by atoms with Gasteiger partial charge in [0.2, 0.25) is 0 Å². The second kappa shape index (κ2) is 8.90. The first kappa shape index (κ1) is 24.5. The van der Waals surface area contributed by atoms with Crippen molar-refractivity contribution in [2.75, 3.05) is 11.5 Å². The lowest BCUT2D eigenvalue weighted by atomic mass is 9.59. The van der Waals surface area contributed by atoms with Crippen molar-refractivity contribution in [3.05, 3.63) is 42.4 Å². The molecule has 38 heavy (non-hydrogen) atoms. The maximum atomic E-state index is 12.7. The van der Waals surface area contributed by atoms with Crippen LogP contribution < -0.4 is 15.0 Å². The second-order valence-electron chi connectivity index (χ2n) is 12.0. The van der Waals surface area contributed by atoms with Crippen LogP contribution in [-0.4, -0.2) is 50.5 Å². The van der Waals surface area contributed by atoms with Gasteiger partial charge in [0.05, 0.1) is 30.1 Å². The number of anilines is 1. The number of nitriles is 1. The van der Waals surface area contributed by atoms with Crippen LogP contribution in [0.25, 0.3) is 16.6 Å². The Balaban J connectivity index is 1.27. The van der Waals surface area contributed by atoms with E-state index in [1.165, 1.54) is 0 Å². The lowest BCUT2D eigenvalue weighted by Crippen LogP contribution is -2.69. The summed E-state index contributed by atoms with van der Waals surface area (Å²) in [6, 6.07) is 9.02. The van der Waals surface area contributed by atoms with E-state index in [1.54, 1.807) is 16.9 Å². The number of aromatic nitrogens is 3. The minimum Gasteiger partial charge on any atom is -0.492 e. The van der Waals surface area contributed by atoms with Gasteiger partial charge in [0.1, 0.15) is 23.2 Å². The number of carbonyl (C=O) groups is 1. The fourth-order valence-electron chi connectivity index (χ4n) is 7.02. The van der Waals surface area contributed by atoms with Gasteiger partial charge in [0.15, 0.2) is 0 Å². The molecule has 2 saturated carbocycles. The van der Waals surface area contributed by atoms with Crippen LogP contribution in [0.2, 0.25) is 0 Å². The van der Waals surface area contributed by atoms with Gasteiger partial charge in [0.25, 0.3) is 0 Å². The third-order valence-corrected chi connectivity index (χ3v) is 8.04. The molecule has 1 amide bonds. The van der Waals surface area contributed by atoms with Gasteiger partial charge in [0, 0.05) is 34.9 Å². The predicted molar refractivity (Wildman–Crippen MR) is 143 cm³/mol. The van der Waals surface area contributed by atoms with Gasteiger partial charge < -0.3 is 19.7 Å². The highest BCUT2D eigenvalue weighted by atomic mass is 16.6. The maximum Gasteiger partial charge on any atom is 0.408 e. The summed E-state index contributed by atoms with van der Waals surface area (Å²) in [4.78, 5) is 20.0. The summed E-state index contributed by atoms with van der Waals surface area (Å²) >= 11 is 0. The Kier molecular flexibility index (Phi) is 5.74. The lowest BCUT2D eigenvalue weighted by Gasteiger charge is -2.61. The molecule has 2 aliphatic carbocycles. The molecule has 2 unspecified atom stereocenters. The first-order valence-corrected chi connectivity index (χ1v) is 13.5. The predicted octanol–water partition coefficient (Wildman–Crippen LogP) is 5.08. The van der Waals surface area contributed by atoms with E-state index in [0.717, 1.165) is 54.6 Å². The van der Waals surface area contributed by atoms with Gasteiger partial charge in [-0.1, -0.05) is 0 Å². The summed E-state index contributed by atoms with van der Waals surface area (Å²) in [5.41, 5.74) is 2.32. The standard InChI is InChI=1S/C29H34N6O3/c1-5-37-23-10-24(26-20(14-30)16-32-34(26)17-23)19-6-7-25(31-15-19)35-21-8-18-9-22(35)13-29(11-18,12-21)33-27(36)38-28(2,3)4/h6-7,10,15-18,21-22H,5,8-9,11-13H2,1-4H3,(H,33,36). The largest absolute Gasteiger partial charge is 0.492 e. The molecule has 9 heteroatoms. The Morgan fingerprint density at radius 3 is 2.61 bits per heavy atom. The lowest BCUT2D eigenvalue weighted by molar-refractivity contribution is 0.0124.